The summed E-state index contributed by atoms with van der Waals surface area (Å²) in [7, 11) is -4.16. The molecular formula is C19H18ClF4N3O3S. The molecule has 0 spiro atoms. The van der Waals surface area contributed by atoms with E-state index in [2.05, 4.69) is 0 Å². The zero-order valence-corrected chi connectivity index (χ0v) is 17.7. The third-order valence-corrected chi connectivity index (χ3v) is 7.47. The highest BCUT2D eigenvalue weighted by molar-refractivity contribution is 7.89. The molecule has 0 bridgehead atoms. The van der Waals surface area contributed by atoms with E-state index in [4.69, 9.17) is 17.3 Å². The minimum atomic E-state index is -4.77. The smallest absolute Gasteiger partial charge is 0.368 e. The Hall–Kier alpha value is -2.37. The largest absolute Gasteiger partial charge is 0.418 e. The highest BCUT2D eigenvalue weighted by Gasteiger charge is 2.39. The first-order chi connectivity index (χ1) is 14.3. The predicted molar refractivity (Wildman–Crippen MR) is 107 cm³/mol. The van der Waals surface area contributed by atoms with Crippen molar-refractivity contribution in [1.82, 2.24) is 4.31 Å². The summed E-state index contributed by atoms with van der Waals surface area (Å²) < 4.78 is 80.9. The van der Waals surface area contributed by atoms with Gasteiger partial charge >= 0.3 is 6.18 Å². The second-order valence-corrected chi connectivity index (χ2v) is 9.35. The summed E-state index contributed by atoms with van der Waals surface area (Å²) in [5.74, 6) is -1.85. The molecule has 1 heterocycles. The van der Waals surface area contributed by atoms with E-state index in [-0.39, 0.29) is 40.8 Å². The van der Waals surface area contributed by atoms with Crippen molar-refractivity contribution in [2.75, 3.05) is 24.5 Å². The Labute approximate surface area is 181 Å². The van der Waals surface area contributed by atoms with Gasteiger partial charge in [-0.3, -0.25) is 4.79 Å². The van der Waals surface area contributed by atoms with Crippen molar-refractivity contribution in [3.05, 3.63) is 58.4 Å². The number of hydrogen-bond acceptors (Lipinski definition) is 4. The van der Waals surface area contributed by atoms with Crippen LogP contribution in [-0.4, -0.2) is 44.3 Å². The van der Waals surface area contributed by atoms with Gasteiger partial charge in [0.25, 0.3) is 0 Å². The number of primary amides is 1. The van der Waals surface area contributed by atoms with Crippen molar-refractivity contribution < 1.29 is 30.8 Å². The average molecular weight is 480 g/mol. The van der Waals surface area contributed by atoms with Gasteiger partial charge in [0.05, 0.1) is 10.6 Å². The molecule has 1 amide bonds. The van der Waals surface area contributed by atoms with Crippen LogP contribution in [0.2, 0.25) is 5.02 Å². The van der Waals surface area contributed by atoms with E-state index in [1.165, 1.54) is 24.0 Å². The van der Waals surface area contributed by atoms with Crippen molar-refractivity contribution in [2.45, 2.75) is 24.0 Å². The van der Waals surface area contributed by atoms with Crippen LogP contribution in [-0.2, 0) is 16.2 Å². The number of sulfonamides is 1. The molecule has 0 unspecified atom stereocenters. The van der Waals surface area contributed by atoms with E-state index >= 15 is 0 Å². The molecule has 168 valence electrons. The Bertz CT molecular complexity index is 1120. The molecule has 0 saturated carbocycles. The fourth-order valence-electron chi connectivity index (χ4n) is 3.51. The monoisotopic (exact) mass is 479 g/mol. The minimum absolute atomic E-state index is 0.0459. The third kappa shape index (κ3) is 4.63. The summed E-state index contributed by atoms with van der Waals surface area (Å²) in [4.78, 5) is 12.5. The second kappa shape index (κ2) is 8.29. The van der Waals surface area contributed by atoms with Gasteiger partial charge in [-0.2, -0.15) is 17.5 Å². The van der Waals surface area contributed by atoms with E-state index in [0.717, 1.165) is 22.5 Å². The van der Waals surface area contributed by atoms with Crippen LogP contribution in [0.25, 0.3) is 0 Å². The standard InChI is InChI=1S/C19H18ClF4N3O3S/c1-11-10-26(16-5-3-13(21)9-14(16)19(22,23)24)6-7-27(11)31(29,30)17-8-12(18(25)28)2-4-15(17)20/h2-5,8-9,11H,6-7,10H2,1H3,(H2,25,28)/t11-/m1/s1. The molecule has 1 aliphatic rings. The number of halogens is 5. The van der Waals surface area contributed by atoms with Crippen LogP contribution < -0.4 is 10.6 Å². The average Bonchev–Trinajstić information content (AvgIpc) is 2.67. The van der Waals surface area contributed by atoms with Gasteiger partial charge in [0, 0.05) is 36.9 Å². The zero-order valence-electron chi connectivity index (χ0n) is 16.2. The summed E-state index contributed by atoms with van der Waals surface area (Å²) in [6.07, 6.45) is -4.77. The van der Waals surface area contributed by atoms with Crippen LogP contribution in [0.1, 0.15) is 22.8 Å². The Morgan fingerprint density at radius 1 is 1.16 bits per heavy atom. The summed E-state index contributed by atoms with van der Waals surface area (Å²) in [5.41, 5.74) is 3.80. The lowest BCUT2D eigenvalue weighted by Gasteiger charge is -2.40. The lowest BCUT2D eigenvalue weighted by atomic mass is 10.1. The van der Waals surface area contributed by atoms with Gasteiger partial charge in [-0.05, 0) is 43.3 Å². The number of carbonyl (C=O) groups excluding carboxylic acids is 1. The topological polar surface area (TPSA) is 83.7 Å². The molecule has 6 nitrogen and oxygen atoms in total. The van der Waals surface area contributed by atoms with Gasteiger partial charge in [0.1, 0.15) is 10.7 Å². The molecule has 0 aromatic heterocycles. The molecule has 31 heavy (non-hydrogen) atoms. The molecule has 0 radical (unpaired) electrons. The molecule has 1 atom stereocenters. The van der Waals surface area contributed by atoms with E-state index in [1.807, 2.05) is 0 Å². The number of benzene rings is 2. The summed E-state index contributed by atoms with van der Waals surface area (Å²) in [6.45, 7) is 1.26. The predicted octanol–water partition coefficient (Wildman–Crippen LogP) is 3.50. The summed E-state index contributed by atoms with van der Waals surface area (Å²) in [5, 5.41) is -0.113. The highest BCUT2D eigenvalue weighted by Crippen LogP contribution is 2.38. The van der Waals surface area contributed by atoms with Gasteiger partial charge < -0.3 is 10.6 Å². The molecular weight excluding hydrogens is 462 g/mol. The minimum Gasteiger partial charge on any atom is -0.368 e. The number of nitrogens with zero attached hydrogens (tertiary/aromatic N) is 2. The molecule has 2 aromatic rings. The Kier molecular flexibility index (Phi) is 6.23. The maximum atomic E-state index is 13.4. The lowest BCUT2D eigenvalue weighted by Crippen LogP contribution is -2.54. The molecule has 12 heteroatoms. The summed E-state index contributed by atoms with van der Waals surface area (Å²) >= 11 is 6.03. The number of rotatable bonds is 4. The van der Waals surface area contributed by atoms with Gasteiger partial charge in [-0.25, -0.2) is 12.8 Å². The molecule has 0 aliphatic carbocycles. The van der Waals surface area contributed by atoms with Crippen molar-refractivity contribution in [2.24, 2.45) is 5.73 Å². The number of amides is 1. The number of carbonyl (C=O) groups is 1. The third-order valence-electron chi connectivity index (χ3n) is 4.97. The van der Waals surface area contributed by atoms with Crippen LogP contribution in [0.4, 0.5) is 23.2 Å². The first-order valence-electron chi connectivity index (χ1n) is 9.05. The molecule has 2 aromatic carbocycles. The SMILES string of the molecule is C[C@@H]1CN(c2ccc(F)cc2C(F)(F)F)CCN1S(=O)(=O)c1cc(C(N)=O)ccc1Cl. The van der Waals surface area contributed by atoms with Crippen LogP contribution in [0.3, 0.4) is 0 Å². The first-order valence-corrected chi connectivity index (χ1v) is 10.9. The van der Waals surface area contributed by atoms with Crippen LogP contribution in [0.15, 0.2) is 41.3 Å². The molecule has 3 rings (SSSR count). The van der Waals surface area contributed by atoms with Gasteiger partial charge in [-0.1, -0.05) is 11.6 Å². The summed E-state index contributed by atoms with van der Waals surface area (Å²) in [6, 6.07) is 5.23. The number of alkyl halides is 3. The molecule has 1 aliphatic heterocycles. The van der Waals surface area contributed by atoms with Crippen molar-refractivity contribution in [3.8, 4) is 0 Å². The van der Waals surface area contributed by atoms with Crippen LogP contribution >= 0.6 is 11.6 Å². The van der Waals surface area contributed by atoms with Gasteiger partial charge in [0.2, 0.25) is 15.9 Å². The van der Waals surface area contributed by atoms with Crippen molar-refractivity contribution in [1.29, 1.82) is 0 Å². The number of hydrogen-bond donors (Lipinski definition) is 1. The number of piperazine rings is 1. The zero-order chi connectivity index (χ0) is 23.1. The maximum Gasteiger partial charge on any atom is 0.418 e. The normalized spacial score (nSPS) is 18.3. The molecule has 1 fully saturated rings. The van der Waals surface area contributed by atoms with E-state index in [9.17, 15) is 30.8 Å². The Balaban J connectivity index is 1.91. The van der Waals surface area contributed by atoms with Gasteiger partial charge in [0.15, 0.2) is 0 Å². The van der Waals surface area contributed by atoms with Gasteiger partial charge in [-0.15, -0.1) is 0 Å². The lowest BCUT2D eigenvalue weighted by molar-refractivity contribution is -0.137. The first kappa shape index (κ1) is 23.3. The van der Waals surface area contributed by atoms with E-state index in [0.29, 0.717) is 6.07 Å². The van der Waals surface area contributed by atoms with Crippen molar-refractivity contribution >= 4 is 33.2 Å². The maximum absolute atomic E-state index is 13.4. The van der Waals surface area contributed by atoms with E-state index in [1.54, 1.807) is 0 Å². The number of nitrogens with two attached hydrogens (primary N) is 1. The molecule has 1 saturated heterocycles. The Morgan fingerprint density at radius 2 is 1.84 bits per heavy atom. The van der Waals surface area contributed by atoms with Crippen LogP contribution in [0, 0.1) is 5.82 Å². The van der Waals surface area contributed by atoms with E-state index < -0.39 is 39.5 Å². The van der Waals surface area contributed by atoms with Crippen molar-refractivity contribution in [3.63, 3.8) is 0 Å². The Morgan fingerprint density at radius 3 is 2.42 bits per heavy atom. The highest BCUT2D eigenvalue weighted by atomic mass is 35.5. The fourth-order valence-corrected chi connectivity index (χ4v) is 5.62. The number of anilines is 1. The second-order valence-electron chi connectivity index (χ2n) is 7.08. The van der Waals surface area contributed by atoms with Crippen LogP contribution in [0.5, 0.6) is 0 Å². The fraction of sp³-hybridized carbons (Fsp3) is 0.316. The quantitative estimate of drug-likeness (QED) is 0.680. The molecule has 2 N–H and O–H groups in total.